The molecule has 7 nitrogen and oxygen atoms in total. The van der Waals surface area contributed by atoms with Crippen LogP contribution in [0.5, 0.6) is 0 Å². The molecule has 9 heteroatoms. The minimum absolute atomic E-state index is 0.163. The number of esters is 1. The van der Waals surface area contributed by atoms with Crippen LogP contribution in [0.25, 0.3) is 11.1 Å². The van der Waals surface area contributed by atoms with Crippen LogP contribution in [-0.2, 0) is 23.0 Å². The van der Waals surface area contributed by atoms with E-state index in [1.54, 1.807) is 6.92 Å². The Morgan fingerprint density at radius 2 is 1.97 bits per heavy atom. The second kappa shape index (κ2) is 9.71. The van der Waals surface area contributed by atoms with Crippen molar-refractivity contribution in [3.8, 4) is 11.1 Å². The van der Waals surface area contributed by atoms with Crippen LogP contribution < -0.4 is 5.32 Å². The average molecular weight is 431 g/mol. The number of thioether (sulfide) groups is 1. The number of thiophene rings is 1. The van der Waals surface area contributed by atoms with Gasteiger partial charge in [0.2, 0.25) is 5.91 Å². The molecule has 3 rings (SSSR count). The predicted octanol–water partition coefficient (Wildman–Crippen LogP) is 4.01. The van der Waals surface area contributed by atoms with Gasteiger partial charge in [0.25, 0.3) is 0 Å². The first-order valence-electron chi connectivity index (χ1n) is 9.20. The third kappa shape index (κ3) is 4.86. The van der Waals surface area contributed by atoms with E-state index in [2.05, 4.69) is 15.5 Å². The van der Waals surface area contributed by atoms with E-state index in [1.807, 2.05) is 54.3 Å². The maximum atomic E-state index is 12.6. The van der Waals surface area contributed by atoms with E-state index in [4.69, 9.17) is 4.74 Å². The van der Waals surface area contributed by atoms with Gasteiger partial charge in [0.1, 0.15) is 16.4 Å². The molecule has 0 atom stereocenters. The zero-order valence-electron chi connectivity index (χ0n) is 16.5. The van der Waals surface area contributed by atoms with Crippen LogP contribution in [0.3, 0.4) is 0 Å². The Labute approximate surface area is 177 Å². The van der Waals surface area contributed by atoms with Crippen molar-refractivity contribution in [3.63, 3.8) is 0 Å². The predicted molar refractivity (Wildman–Crippen MR) is 115 cm³/mol. The standard InChI is InChI=1S/C20H22N4O3S2/c1-4-15-22-23-20(24(15)3)29-12-16(25)21-18-17(19(26)27-5-2)14(11-28-18)13-9-7-6-8-10-13/h6-11H,4-5,12H2,1-3H3,(H,21,25). The molecule has 29 heavy (non-hydrogen) atoms. The van der Waals surface area contributed by atoms with E-state index >= 15 is 0 Å². The van der Waals surface area contributed by atoms with Crippen molar-refractivity contribution in [1.29, 1.82) is 0 Å². The molecule has 152 valence electrons. The summed E-state index contributed by atoms with van der Waals surface area (Å²) in [5, 5.41) is 14.1. The van der Waals surface area contributed by atoms with Crippen LogP contribution in [0.4, 0.5) is 5.00 Å². The molecule has 2 aromatic heterocycles. The Kier molecular flexibility index (Phi) is 7.05. The van der Waals surface area contributed by atoms with Gasteiger partial charge in [0.15, 0.2) is 5.16 Å². The first kappa shape index (κ1) is 21.1. The molecule has 1 aromatic carbocycles. The summed E-state index contributed by atoms with van der Waals surface area (Å²) >= 11 is 2.61. The number of rotatable bonds is 8. The lowest BCUT2D eigenvalue weighted by atomic mass is 10.0. The molecule has 0 radical (unpaired) electrons. The number of aromatic nitrogens is 3. The second-order valence-electron chi connectivity index (χ2n) is 6.09. The highest BCUT2D eigenvalue weighted by molar-refractivity contribution is 7.99. The monoisotopic (exact) mass is 430 g/mol. The quantitative estimate of drug-likeness (QED) is 0.429. The Balaban J connectivity index is 1.77. The molecule has 0 saturated heterocycles. The van der Waals surface area contributed by atoms with Crippen LogP contribution in [-0.4, -0.2) is 39.0 Å². The van der Waals surface area contributed by atoms with E-state index in [0.717, 1.165) is 23.4 Å². The molecular formula is C20H22N4O3S2. The van der Waals surface area contributed by atoms with Crippen molar-refractivity contribution in [3.05, 3.63) is 47.1 Å². The van der Waals surface area contributed by atoms with Crippen molar-refractivity contribution < 1.29 is 14.3 Å². The van der Waals surface area contributed by atoms with Gasteiger partial charge in [0.05, 0.1) is 12.4 Å². The third-order valence-electron chi connectivity index (χ3n) is 4.18. The second-order valence-corrected chi connectivity index (χ2v) is 7.91. The molecule has 0 bridgehead atoms. The van der Waals surface area contributed by atoms with Gasteiger partial charge in [-0.2, -0.15) is 0 Å². The summed E-state index contributed by atoms with van der Waals surface area (Å²) in [5.74, 6) is 0.360. The summed E-state index contributed by atoms with van der Waals surface area (Å²) in [4.78, 5) is 25.1. The van der Waals surface area contributed by atoms with Crippen LogP contribution in [0.1, 0.15) is 30.0 Å². The average Bonchev–Trinajstić information content (AvgIpc) is 3.30. The zero-order valence-corrected chi connectivity index (χ0v) is 18.1. The van der Waals surface area contributed by atoms with Gasteiger partial charge in [-0.3, -0.25) is 4.79 Å². The summed E-state index contributed by atoms with van der Waals surface area (Å²) in [6.45, 7) is 4.02. The highest BCUT2D eigenvalue weighted by atomic mass is 32.2. The fourth-order valence-electron chi connectivity index (χ4n) is 2.76. The molecule has 0 unspecified atom stereocenters. The van der Waals surface area contributed by atoms with Crippen molar-refractivity contribution >= 4 is 40.0 Å². The van der Waals surface area contributed by atoms with Crippen molar-refractivity contribution in [2.75, 3.05) is 17.7 Å². The summed E-state index contributed by atoms with van der Waals surface area (Å²) < 4.78 is 7.10. The molecular weight excluding hydrogens is 408 g/mol. The minimum Gasteiger partial charge on any atom is -0.462 e. The molecule has 0 fully saturated rings. The molecule has 0 aliphatic rings. The first-order chi connectivity index (χ1) is 14.0. The normalized spacial score (nSPS) is 10.7. The van der Waals surface area contributed by atoms with Gasteiger partial charge in [-0.25, -0.2) is 4.79 Å². The molecule has 0 spiro atoms. The first-order valence-corrected chi connectivity index (χ1v) is 11.1. The van der Waals surface area contributed by atoms with Gasteiger partial charge < -0.3 is 14.6 Å². The molecule has 0 aliphatic carbocycles. The number of anilines is 1. The lowest BCUT2D eigenvalue weighted by Crippen LogP contribution is -2.16. The molecule has 1 N–H and O–H groups in total. The van der Waals surface area contributed by atoms with E-state index in [9.17, 15) is 9.59 Å². The molecule has 3 aromatic rings. The summed E-state index contributed by atoms with van der Waals surface area (Å²) in [6, 6.07) is 9.57. The number of aryl methyl sites for hydroxylation is 1. The Morgan fingerprint density at radius 3 is 2.62 bits per heavy atom. The number of nitrogens with one attached hydrogen (secondary N) is 1. The Hall–Kier alpha value is -2.65. The van der Waals surface area contributed by atoms with Gasteiger partial charge in [0, 0.05) is 24.4 Å². The largest absolute Gasteiger partial charge is 0.462 e. The van der Waals surface area contributed by atoms with Gasteiger partial charge >= 0.3 is 5.97 Å². The number of benzene rings is 1. The van der Waals surface area contributed by atoms with Crippen LogP contribution >= 0.6 is 23.1 Å². The zero-order chi connectivity index (χ0) is 20.8. The lowest BCUT2D eigenvalue weighted by molar-refractivity contribution is -0.113. The number of amides is 1. The minimum atomic E-state index is -0.448. The van der Waals surface area contributed by atoms with Crippen LogP contribution in [0.15, 0.2) is 40.9 Å². The van der Waals surface area contributed by atoms with Gasteiger partial charge in [-0.1, -0.05) is 49.0 Å². The van der Waals surface area contributed by atoms with Crippen LogP contribution in [0, 0.1) is 0 Å². The molecule has 1 amide bonds. The Bertz CT molecular complexity index is 999. The number of hydrogen-bond acceptors (Lipinski definition) is 7. The molecule has 0 saturated carbocycles. The fourth-order valence-corrected chi connectivity index (χ4v) is 4.46. The maximum Gasteiger partial charge on any atom is 0.341 e. The maximum absolute atomic E-state index is 12.6. The smallest absolute Gasteiger partial charge is 0.341 e. The van der Waals surface area contributed by atoms with E-state index < -0.39 is 5.97 Å². The fraction of sp³-hybridized carbons (Fsp3) is 0.300. The van der Waals surface area contributed by atoms with E-state index in [1.165, 1.54) is 23.1 Å². The summed E-state index contributed by atoms with van der Waals surface area (Å²) in [7, 11) is 1.88. The van der Waals surface area contributed by atoms with Gasteiger partial charge in [-0.05, 0) is 12.5 Å². The Morgan fingerprint density at radius 1 is 1.21 bits per heavy atom. The highest BCUT2D eigenvalue weighted by Gasteiger charge is 2.23. The van der Waals surface area contributed by atoms with Crippen molar-refractivity contribution in [2.45, 2.75) is 25.4 Å². The van der Waals surface area contributed by atoms with Crippen molar-refractivity contribution in [1.82, 2.24) is 14.8 Å². The SMILES string of the molecule is CCOC(=O)c1c(-c2ccccc2)csc1NC(=O)CSc1nnc(CC)n1C. The third-order valence-corrected chi connectivity index (χ3v) is 6.10. The van der Waals surface area contributed by atoms with E-state index in [-0.39, 0.29) is 18.3 Å². The number of carbonyl (C=O) groups excluding carboxylic acids is 2. The summed E-state index contributed by atoms with van der Waals surface area (Å²) in [6.07, 6.45) is 0.774. The van der Waals surface area contributed by atoms with E-state index in [0.29, 0.717) is 15.7 Å². The summed E-state index contributed by atoms with van der Waals surface area (Å²) in [5.41, 5.74) is 2.03. The number of carbonyl (C=O) groups is 2. The molecule has 2 heterocycles. The molecule has 0 aliphatic heterocycles. The van der Waals surface area contributed by atoms with Gasteiger partial charge in [-0.15, -0.1) is 21.5 Å². The number of hydrogen-bond donors (Lipinski definition) is 1. The van der Waals surface area contributed by atoms with Crippen LogP contribution in [0.2, 0.25) is 0 Å². The topological polar surface area (TPSA) is 86.1 Å². The number of ether oxygens (including phenoxy) is 1. The highest BCUT2D eigenvalue weighted by Crippen LogP contribution is 2.36. The van der Waals surface area contributed by atoms with Crippen molar-refractivity contribution in [2.24, 2.45) is 7.05 Å². The number of nitrogens with zero attached hydrogens (tertiary/aromatic N) is 3. The lowest BCUT2D eigenvalue weighted by Gasteiger charge is -2.09.